The van der Waals surface area contributed by atoms with Crippen LogP contribution in [0.25, 0.3) is 0 Å². The molecule has 0 aliphatic rings. The maximum absolute atomic E-state index is 13.6. The summed E-state index contributed by atoms with van der Waals surface area (Å²) in [6, 6.07) is 4.16. The van der Waals surface area contributed by atoms with E-state index in [1.54, 1.807) is 6.92 Å². The van der Waals surface area contributed by atoms with E-state index in [2.05, 4.69) is 17.2 Å². The summed E-state index contributed by atoms with van der Waals surface area (Å²) in [4.78, 5) is 9.80. The number of halogens is 1. The molecule has 4 nitrogen and oxygen atoms in total. The normalized spacial score (nSPS) is 9.53. The van der Waals surface area contributed by atoms with Gasteiger partial charge in [-0.1, -0.05) is 12.1 Å². The van der Waals surface area contributed by atoms with E-state index in [0.29, 0.717) is 18.5 Å². The summed E-state index contributed by atoms with van der Waals surface area (Å²) >= 11 is 0. The monoisotopic (exact) mass is 236 g/mol. The Kier molecular flexibility index (Phi) is 5.11. The Bertz CT molecular complexity index is 463. The molecule has 1 rings (SSSR count). The molecule has 0 spiro atoms. The predicted octanol–water partition coefficient (Wildman–Crippen LogP) is 2.24. The van der Waals surface area contributed by atoms with E-state index in [0.717, 1.165) is 6.07 Å². The van der Waals surface area contributed by atoms with Crippen molar-refractivity contribution >= 4 is 5.69 Å². The summed E-state index contributed by atoms with van der Waals surface area (Å²) in [6.45, 7) is 2.64. The van der Waals surface area contributed by atoms with Crippen molar-refractivity contribution in [2.75, 3.05) is 6.54 Å². The van der Waals surface area contributed by atoms with Gasteiger partial charge < -0.3 is 5.32 Å². The topological polar surface area (TPSA) is 55.2 Å². The Balaban J connectivity index is 2.61. The lowest BCUT2D eigenvalue weighted by molar-refractivity contribution is -0.387. The fraction of sp³-hybridized carbons (Fsp3) is 0.333. The van der Waals surface area contributed by atoms with Crippen LogP contribution in [0.1, 0.15) is 18.9 Å². The van der Waals surface area contributed by atoms with Gasteiger partial charge in [0.25, 0.3) is 0 Å². The van der Waals surface area contributed by atoms with Crippen LogP contribution in [0.5, 0.6) is 0 Å². The second kappa shape index (κ2) is 6.61. The van der Waals surface area contributed by atoms with Crippen molar-refractivity contribution in [2.24, 2.45) is 0 Å². The average Bonchev–Trinajstić information content (AvgIpc) is 2.30. The van der Waals surface area contributed by atoms with Gasteiger partial charge in [-0.3, -0.25) is 10.1 Å². The molecule has 0 atom stereocenters. The van der Waals surface area contributed by atoms with E-state index in [1.807, 2.05) is 0 Å². The molecule has 0 unspecified atom stereocenters. The van der Waals surface area contributed by atoms with Crippen LogP contribution in [0.3, 0.4) is 0 Å². The molecule has 5 heteroatoms. The Morgan fingerprint density at radius 2 is 2.29 bits per heavy atom. The van der Waals surface area contributed by atoms with Crippen LogP contribution in [0.4, 0.5) is 10.1 Å². The van der Waals surface area contributed by atoms with Crippen LogP contribution in [0, 0.1) is 27.8 Å². The number of nitrogens with one attached hydrogen (secondary N) is 1. The number of nitro groups is 1. The van der Waals surface area contributed by atoms with Gasteiger partial charge in [0, 0.05) is 31.1 Å². The first-order chi connectivity index (χ1) is 8.16. The second-order valence-electron chi connectivity index (χ2n) is 3.36. The van der Waals surface area contributed by atoms with E-state index in [1.165, 1.54) is 12.1 Å². The molecule has 1 aromatic carbocycles. The van der Waals surface area contributed by atoms with E-state index < -0.39 is 16.4 Å². The van der Waals surface area contributed by atoms with E-state index in [9.17, 15) is 14.5 Å². The van der Waals surface area contributed by atoms with Gasteiger partial charge in [0.2, 0.25) is 5.82 Å². The molecule has 0 aliphatic carbocycles. The van der Waals surface area contributed by atoms with E-state index in [4.69, 9.17) is 0 Å². The van der Waals surface area contributed by atoms with Gasteiger partial charge in [-0.05, 0) is 6.92 Å². The lowest BCUT2D eigenvalue weighted by Crippen LogP contribution is -2.15. The molecule has 0 amide bonds. The molecule has 0 bridgehead atoms. The SMILES string of the molecule is CC#CCCNCc1cccc([N+](=O)[O-])c1F. The Morgan fingerprint density at radius 1 is 1.53 bits per heavy atom. The summed E-state index contributed by atoms with van der Waals surface area (Å²) in [5.41, 5.74) is -0.193. The third-order valence-corrected chi connectivity index (χ3v) is 2.17. The zero-order valence-corrected chi connectivity index (χ0v) is 9.50. The molecule has 0 aromatic heterocycles. The van der Waals surface area contributed by atoms with E-state index >= 15 is 0 Å². The summed E-state index contributed by atoms with van der Waals surface area (Å²) in [5.74, 6) is 4.84. The van der Waals surface area contributed by atoms with Crippen LogP contribution in [-0.4, -0.2) is 11.5 Å². The molecule has 0 heterocycles. The van der Waals surface area contributed by atoms with Gasteiger partial charge in [0.1, 0.15) is 0 Å². The Morgan fingerprint density at radius 3 is 2.94 bits per heavy atom. The zero-order valence-electron chi connectivity index (χ0n) is 9.50. The molecule has 0 fully saturated rings. The van der Waals surface area contributed by atoms with Crippen molar-refractivity contribution in [1.29, 1.82) is 0 Å². The number of rotatable bonds is 5. The van der Waals surface area contributed by atoms with Crippen molar-refractivity contribution in [1.82, 2.24) is 5.32 Å². The van der Waals surface area contributed by atoms with Crippen LogP contribution in [0.15, 0.2) is 18.2 Å². The fourth-order valence-corrected chi connectivity index (χ4v) is 1.34. The summed E-state index contributed by atoms with van der Waals surface area (Å²) in [6.07, 6.45) is 0.674. The number of hydrogen-bond donors (Lipinski definition) is 1. The van der Waals surface area contributed by atoms with Crippen molar-refractivity contribution in [3.63, 3.8) is 0 Å². The van der Waals surface area contributed by atoms with Gasteiger partial charge in [-0.25, -0.2) is 0 Å². The lowest BCUT2D eigenvalue weighted by atomic mass is 10.2. The summed E-state index contributed by atoms with van der Waals surface area (Å²) in [7, 11) is 0. The first kappa shape index (κ1) is 13.1. The molecule has 0 saturated carbocycles. The highest BCUT2D eigenvalue weighted by Crippen LogP contribution is 2.19. The van der Waals surface area contributed by atoms with Gasteiger partial charge in [0.15, 0.2) is 0 Å². The summed E-state index contributed by atoms with van der Waals surface area (Å²) in [5, 5.41) is 13.5. The van der Waals surface area contributed by atoms with Gasteiger partial charge in [0.05, 0.1) is 4.92 Å². The molecule has 17 heavy (non-hydrogen) atoms. The second-order valence-corrected chi connectivity index (χ2v) is 3.36. The standard InChI is InChI=1S/C12H13FN2O2/c1-2-3-4-8-14-9-10-6-5-7-11(12(10)13)15(16)17/h5-7,14H,4,8-9H2,1H3. The Labute approximate surface area is 99.0 Å². The molecular weight excluding hydrogens is 223 g/mol. The Hall–Kier alpha value is -1.93. The van der Waals surface area contributed by atoms with Crippen molar-refractivity contribution in [3.05, 3.63) is 39.7 Å². The van der Waals surface area contributed by atoms with Crippen LogP contribution in [-0.2, 0) is 6.54 Å². The fourth-order valence-electron chi connectivity index (χ4n) is 1.34. The van der Waals surface area contributed by atoms with Crippen molar-refractivity contribution in [3.8, 4) is 11.8 Å². The molecule has 90 valence electrons. The van der Waals surface area contributed by atoms with Crippen molar-refractivity contribution in [2.45, 2.75) is 19.9 Å². The quantitative estimate of drug-likeness (QED) is 0.369. The number of benzene rings is 1. The molecule has 0 radical (unpaired) electrons. The maximum Gasteiger partial charge on any atom is 0.305 e. The van der Waals surface area contributed by atoms with Crippen LogP contribution < -0.4 is 5.32 Å². The van der Waals surface area contributed by atoms with Gasteiger partial charge in [-0.15, -0.1) is 11.8 Å². The first-order valence-electron chi connectivity index (χ1n) is 5.19. The smallest absolute Gasteiger partial charge is 0.305 e. The summed E-state index contributed by atoms with van der Waals surface area (Å²) < 4.78 is 13.6. The lowest BCUT2D eigenvalue weighted by Gasteiger charge is -2.04. The number of nitrogens with zero attached hydrogens (tertiary/aromatic N) is 1. The molecule has 1 aromatic rings. The number of hydrogen-bond acceptors (Lipinski definition) is 3. The third kappa shape index (κ3) is 3.85. The highest BCUT2D eigenvalue weighted by molar-refractivity contribution is 5.36. The van der Waals surface area contributed by atoms with E-state index in [-0.39, 0.29) is 6.54 Å². The van der Waals surface area contributed by atoms with Gasteiger partial charge >= 0.3 is 5.69 Å². The minimum atomic E-state index is -0.772. The zero-order chi connectivity index (χ0) is 12.7. The van der Waals surface area contributed by atoms with Gasteiger partial charge in [-0.2, -0.15) is 4.39 Å². The predicted molar refractivity (Wildman–Crippen MR) is 62.8 cm³/mol. The largest absolute Gasteiger partial charge is 0.312 e. The van der Waals surface area contributed by atoms with Crippen molar-refractivity contribution < 1.29 is 9.31 Å². The molecular formula is C12H13FN2O2. The average molecular weight is 236 g/mol. The minimum Gasteiger partial charge on any atom is -0.312 e. The maximum atomic E-state index is 13.6. The highest BCUT2D eigenvalue weighted by Gasteiger charge is 2.16. The first-order valence-corrected chi connectivity index (χ1v) is 5.19. The molecule has 0 aliphatic heterocycles. The highest BCUT2D eigenvalue weighted by atomic mass is 19.1. The van der Waals surface area contributed by atoms with Crippen LogP contribution >= 0.6 is 0 Å². The minimum absolute atomic E-state index is 0.263. The molecule has 1 N–H and O–H groups in total. The number of nitro benzene ring substituents is 1. The molecule has 0 saturated heterocycles. The third-order valence-electron chi connectivity index (χ3n) is 2.17. The van der Waals surface area contributed by atoms with Crippen LogP contribution in [0.2, 0.25) is 0 Å².